The molecule has 0 aliphatic rings. The van der Waals surface area contributed by atoms with Crippen molar-refractivity contribution in [1.82, 2.24) is 4.98 Å². The van der Waals surface area contributed by atoms with Gasteiger partial charge in [-0.2, -0.15) is 0 Å². The number of nitrogens with one attached hydrogen (secondary N) is 1. The van der Waals surface area contributed by atoms with Gasteiger partial charge in [0.1, 0.15) is 11.6 Å². The molecule has 0 atom stereocenters. The van der Waals surface area contributed by atoms with E-state index in [4.69, 9.17) is 4.74 Å². The van der Waals surface area contributed by atoms with Crippen LogP contribution in [0.4, 0.5) is 11.5 Å². The lowest BCUT2D eigenvalue weighted by molar-refractivity contribution is 0.408. The van der Waals surface area contributed by atoms with Gasteiger partial charge < -0.3 is 10.1 Å². The highest BCUT2D eigenvalue weighted by atomic mass is 79.9. The zero-order valence-electron chi connectivity index (χ0n) is 11.5. The Kier molecular flexibility index (Phi) is 4.10. The molecular formula is C15H17BrN2O. The highest BCUT2D eigenvalue weighted by Crippen LogP contribution is 2.32. The molecule has 0 aliphatic carbocycles. The summed E-state index contributed by atoms with van der Waals surface area (Å²) in [6.07, 6.45) is 1.78. The van der Waals surface area contributed by atoms with Crippen LogP contribution in [0.25, 0.3) is 0 Å². The summed E-state index contributed by atoms with van der Waals surface area (Å²) in [7, 11) is 1.71. The fourth-order valence-corrected chi connectivity index (χ4v) is 2.32. The Morgan fingerprint density at radius 2 is 1.89 bits per heavy atom. The van der Waals surface area contributed by atoms with Crippen molar-refractivity contribution in [3.05, 3.63) is 45.6 Å². The second-order valence-electron chi connectivity index (χ2n) is 4.51. The molecule has 1 aromatic heterocycles. The molecule has 100 valence electrons. The Labute approximate surface area is 122 Å². The molecule has 1 aromatic carbocycles. The van der Waals surface area contributed by atoms with E-state index in [0.717, 1.165) is 32.9 Å². The minimum absolute atomic E-state index is 0.829. The maximum atomic E-state index is 5.43. The normalized spacial score (nSPS) is 10.4. The molecule has 3 nitrogen and oxygen atoms in total. The summed E-state index contributed by atoms with van der Waals surface area (Å²) in [6, 6.07) is 6.00. The number of ether oxygens (including phenoxy) is 1. The monoisotopic (exact) mass is 320 g/mol. The van der Waals surface area contributed by atoms with Crippen molar-refractivity contribution in [3.63, 3.8) is 0 Å². The molecule has 0 saturated heterocycles. The largest absolute Gasteiger partial charge is 0.496 e. The number of hydrogen-bond acceptors (Lipinski definition) is 3. The number of aryl methyl sites for hydroxylation is 1. The van der Waals surface area contributed by atoms with E-state index in [1.807, 2.05) is 19.1 Å². The number of anilines is 2. The molecule has 2 rings (SSSR count). The van der Waals surface area contributed by atoms with E-state index in [-0.39, 0.29) is 0 Å². The molecule has 4 heteroatoms. The standard InChI is InChI=1S/C15H17BrN2O/c1-9-7-13(10(2)11(3)15(9)19-4)18-14-6-5-12(16)8-17-14/h5-8H,1-4H3,(H,17,18). The first kappa shape index (κ1) is 13.9. The Hall–Kier alpha value is -1.55. The fraction of sp³-hybridized carbons (Fsp3) is 0.267. The number of halogens is 1. The van der Waals surface area contributed by atoms with E-state index in [9.17, 15) is 0 Å². The zero-order valence-corrected chi connectivity index (χ0v) is 13.1. The minimum atomic E-state index is 0.829. The Morgan fingerprint density at radius 3 is 2.47 bits per heavy atom. The number of benzene rings is 1. The van der Waals surface area contributed by atoms with E-state index >= 15 is 0 Å². The molecule has 0 unspecified atom stereocenters. The van der Waals surface area contributed by atoms with Crippen LogP contribution in [-0.4, -0.2) is 12.1 Å². The summed E-state index contributed by atoms with van der Waals surface area (Å²) in [5, 5.41) is 3.34. The summed E-state index contributed by atoms with van der Waals surface area (Å²) in [5.74, 6) is 1.78. The van der Waals surface area contributed by atoms with E-state index in [1.54, 1.807) is 13.3 Å². The van der Waals surface area contributed by atoms with Crippen LogP contribution in [0.2, 0.25) is 0 Å². The van der Waals surface area contributed by atoms with Gasteiger partial charge in [-0.05, 0) is 71.6 Å². The number of nitrogens with zero attached hydrogens (tertiary/aromatic N) is 1. The molecule has 2 aromatic rings. The van der Waals surface area contributed by atoms with Crippen molar-refractivity contribution in [3.8, 4) is 5.75 Å². The molecular weight excluding hydrogens is 304 g/mol. The maximum Gasteiger partial charge on any atom is 0.130 e. The Balaban J connectivity index is 2.38. The third kappa shape index (κ3) is 2.89. The number of aromatic nitrogens is 1. The molecule has 0 radical (unpaired) electrons. The molecule has 0 spiro atoms. The first-order valence-electron chi connectivity index (χ1n) is 6.06. The van der Waals surface area contributed by atoms with Crippen LogP contribution in [-0.2, 0) is 0 Å². The number of pyridine rings is 1. The predicted octanol–water partition coefficient (Wildman–Crippen LogP) is 4.52. The topological polar surface area (TPSA) is 34.1 Å². The van der Waals surface area contributed by atoms with Gasteiger partial charge in [-0.1, -0.05) is 0 Å². The van der Waals surface area contributed by atoms with Crippen LogP contribution in [0.5, 0.6) is 5.75 Å². The molecule has 0 bridgehead atoms. The van der Waals surface area contributed by atoms with Gasteiger partial charge in [-0.25, -0.2) is 4.98 Å². The molecule has 19 heavy (non-hydrogen) atoms. The smallest absolute Gasteiger partial charge is 0.130 e. The lowest BCUT2D eigenvalue weighted by Crippen LogP contribution is -2.00. The molecule has 0 amide bonds. The van der Waals surface area contributed by atoms with Crippen molar-refractivity contribution >= 4 is 27.4 Å². The summed E-state index contributed by atoms with van der Waals surface area (Å²) >= 11 is 3.38. The van der Waals surface area contributed by atoms with Crippen molar-refractivity contribution in [2.75, 3.05) is 12.4 Å². The summed E-state index contributed by atoms with van der Waals surface area (Å²) in [4.78, 5) is 4.33. The lowest BCUT2D eigenvalue weighted by Gasteiger charge is -2.16. The van der Waals surface area contributed by atoms with E-state index < -0.39 is 0 Å². The molecule has 1 N–H and O–H groups in total. The number of methoxy groups -OCH3 is 1. The van der Waals surface area contributed by atoms with Gasteiger partial charge in [-0.3, -0.25) is 0 Å². The van der Waals surface area contributed by atoms with E-state index in [1.165, 1.54) is 5.56 Å². The van der Waals surface area contributed by atoms with Crippen molar-refractivity contribution in [2.45, 2.75) is 20.8 Å². The first-order chi connectivity index (χ1) is 9.02. The molecule has 1 heterocycles. The van der Waals surface area contributed by atoms with Crippen LogP contribution in [0.15, 0.2) is 28.9 Å². The van der Waals surface area contributed by atoms with Crippen LogP contribution in [0, 0.1) is 20.8 Å². The fourth-order valence-electron chi connectivity index (χ4n) is 2.09. The number of hydrogen-bond donors (Lipinski definition) is 1. The van der Waals surface area contributed by atoms with Gasteiger partial charge in [0.2, 0.25) is 0 Å². The highest BCUT2D eigenvalue weighted by molar-refractivity contribution is 9.10. The second kappa shape index (κ2) is 5.61. The van der Waals surface area contributed by atoms with Crippen LogP contribution < -0.4 is 10.1 Å². The van der Waals surface area contributed by atoms with Gasteiger partial charge >= 0.3 is 0 Å². The van der Waals surface area contributed by atoms with Crippen LogP contribution in [0.3, 0.4) is 0 Å². The first-order valence-corrected chi connectivity index (χ1v) is 6.85. The van der Waals surface area contributed by atoms with Crippen LogP contribution in [0.1, 0.15) is 16.7 Å². The average Bonchev–Trinajstić information content (AvgIpc) is 2.39. The zero-order chi connectivity index (χ0) is 14.0. The van der Waals surface area contributed by atoms with Crippen LogP contribution >= 0.6 is 15.9 Å². The quantitative estimate of drug-likeness (QED) is 0.902. The van der Waals surface area contributed by atoms with Gasteiger partial charge in [-0.15, -0.1) is 0 Å². The molecule has 0 aliphatic heterocycles. The van der Waals surface area contributed by atoms with Crippen molar-refractivity contribution in [2.24, 2.45) is 0 Å². The van der Waals surface area contributed by atoms with Gasteiger partial charge in [0.05, 0.1) is 7.11 Å². The third-order valence-electron chi connectivity index (χ3n) is 3.22. The maximum absolute atomic E-state index is 5.43. The second-order valence-corrected chi connectivity index (χ2v) is 5.43. The lowest BCUT2D eigenvalue weighted by atomic mass is 10.0. The summed E-state index contributed by atoms with van der Waals surface area (Å²) < 4.78 is 6.40. The Morgan fingerprint density at radius 1 is 1.16 bits per heavy atom. The highest BCUT2D eigenvalue weighted by Gasteiger charge is 2.10. The van der Waals surface area contributed by atoms with Gasteiger partial charge in [0.15, 0.2) is 0 Å². The van der Waals surface area contributed by atoms with E-state index in [0.29, 0.717) is 0 Å². The van der Waals surface area contributed by atoms with Crippen molar-refractivity contribution < 1.29 is 4.74 Å². The third-order valence-corrected chi connectivity index (χ3v) is 3.69. The van der Waals surface area contributed by atoms with Crippen molar-refractivity contribution in [1.29, 1.82) is 0 Å². The minimum Gasteiger partial charge on any atom is -0.496 e. The summed E-state index contributed by atoms with van der Waals surface area (Å²) in [5.41, 5.74) is 4.50. The SMILES string of the molecule is COc1c(C)cc(Nc2ccc(Br)cn2)c(C)c1C. The molecule has 0 fully saturated rings. The molecule has 0 saturated carbocycles. The Bertz CT molecular complexity index is 594. The number of rotatable bonds is 3. The van der Waals surface area contributed by atoms with Gasteiger partial charge in [0.25, 0.3) is 0 Å². The van der Waals surface area contributed by atoms with E-state index in [2.05, 4.69) is 46.1 Å². The van der Waals surface area contributed by atoms with Gasteiger partial charge in [0, 0.05) is 16.4 Å². The predicted molar refractivity (Wildman–Crippen MR) is 82.4 cm³/mol. The summed E-state index contributed by atoms with van der Waals surface area (Å²) in [6.45, 7) is 6.20. The average molecular weight is 321 g/mol.